The lowest BCUT2D eigenvalue weighted by Crippen LogP contribution is -2.54. The van der Waals surface area contributed by atoms with Crippen molar-refractivity contribution in [2.75, 3.05) is 4.90 Å². The molecule has 1 heterocycles. The van der Waals surface area contributed by atoms with Gasteiger partial charge in [0.05, 0.1) is 11.3 Å². The van der Waals surface area contributed by atoms with Gasteiger partial charge in [-0.15, -0.1) is 0 Å². The summed E-state index contributed by atoms with van der Waals surface area (Å²) in [5.74, 6) is -1.26. The summed E-state index contributed by atoms with van der Waals surface area (Å²) in [6.07, 6.45) is 3.02. The number of urea groups is 1. The van der Waals surface area contributed by atoms with Gasteiger partial charge in [-0.2, -0.15) is 0 Å². The van der Waals surface area contributed by atoms with Crippen LogP contribution in [-0.4, -0.2) is 34.1 Å². The van der Waals surface area contributed by atoms with Crippen molar-refractivity contribution < 1.29 is 19.6 Å². The highest BCUT2D eigenvalue weighted by molar-refractivity contribution is 9.10. The van der Waals surface area contributed by atoms with E-state index in [0.29, 0.717) is 4.47 Å². The van der Waals surface area contributed by atoms with Crippen molar-refractivity contribution in [1.82, 2.24) is 15.8 Å². The number of benzene rings is 3. The number of anilines is 1. The smallest absolute Gasteiger partial charge is 0.340 e. The van der Waals surface area contributed by atoms with Crippen LogP contribution in [0.5, 0.6) is 0 Å². The maximum atomic E-state index is 13.7. The van der Waals surface area contributed by atoms with E-state index >= 15 is 0 Å². The van der Waals surface area contributed by atoms with Gasteiger partial charge in [-0.3, -0.25) is 19.8 Å². The second kappa shape index (κ2) is 12.1. The summed E-state index contributed by atoms with van der Waals surface area (Å²) in [5.41, 5.74) is 4.81. The molecule has 0 aliphatic heterocycles. The number of nitrogens with one attached hydrogen (secondary N) is 2. The molecule has 3 N–H and O–H groups in total. The molecule has 4 amide bonds. The number of hydrogen-bond acceptors (Lipinski definition) is 5. The second-order valence-corrected chi connectivity index (χ2v) is 9.03. The summed E-state index contributed by atoms with van der Waals surface area (Å²) in [7, 11) is 0. The van der Waals surface area contributed by atoms with E-state index in [1.165, 1.54) is 17.9 Å². The third kappa shape index (κ3) is 6.46. The minimum absolute atomic E-state index is 0.100. The number of halogens is 1. The van der Waals surface area contributed by atoms with Gasteiger partial charge < -0.3 is 5.32 Å². The molecule has 4 rings (SSSR count). The summed E-state index contributed by atoms with van der Waals surface area (Å²) in [6, 6.07) is 25.0. The fourth-order valence-electron chi connectivity index (χ4n) is 3.80. The number of amides is 4. The molecule has 1 aromatic heterocycles. The molecule has 0 spiro atoms. The predicted molar refractivity (Wildman–Crippen MR) is 143 cm³/mol. The third-order valence-electron chi connectivity index (χ3n) is 5.60. The number of hydroxylamine groups is 1. The van der Waals surface area contributed by atoms with E-state index in [2.05, 4.69) is 26.2 Å². The highest BCUT2D eigenvalue weighted by atomic mass is 79.9. The van der Waals surface area contributed by atoms with Crippen LogP contribution in [-0.2, 0) is 11.2 Å². The molecule has 0 aliphatic carbocycles. The van der Waals surface area contributed by atoms with Gasteiger partial charge in [0.25, 0.3) is 11.8 Å². The molecule has 9 heteroatoms. The quantitative estimate of drug-likeness (QED) is 0.218. The Bertz CT molecular complexity index is 1380. The fraction of sp³-hybridized carbons (Fsp3) is 0.0714. The number of aromatic nitrogens is 1. The number of imide groups is 1. The average Bonchev–Trinajstić information content (AvgIpc) is 2.94. The van der Waals surface area contributed by atoms with Gasteiger partial charge in [0.1, 0.15) is 6.04 Å². The first kappa shape index (κ1) is 25.7. The Kier molecular flexibility index (Phi) is 8.40. The highest BCUT2D eigenvalue weighted by Gasteiger charge is 2.32. The number of hydrogen-bond donors (Lipinski definition) is 3. The van der Waals surface area contributed by atoms with E-state index in [4.69, 9.17) is 0 Å². The van der Waals surface area contributed by atoms with Gasteiger partial charge in [0.2, 0.25) is 0 Å². The summed E-state index contributed by atoms with van der Waals surface area (Å²) >= 11 is 3.29. The Hall–Kier alpha value is -4.34. The zero-order valence-electron chi connectivity index (χ0n) is 19.5. The monoisotopic (exact) mass is 558 g/mol. The van der Waals surface area contributed by atoms with Crippen LogP contribution < -0.4 is 15.7 Å². The van der Waals surface area contributed by atoms with Crippen molar-refractivity contribution in [2.45, 2.75) is 12.5 Å². The van der Waals surface area contributed by atoms with Crippen molar-refractivity contribution in [3.63, 3.8) is 0 Å². The Morgan fingerprint density at radius 3 is 2.11 bits per heavy atom. The molecule has 0 fully saturated rings. The van der Waals surface area contributed by atoms with Gasteiger partial charge in [-0.05, 0) is 50.8 Å². The maximum absolute atomic E-state index is 13.7. The van der Waals surface area contributed by atoms with Crippen molar-refractivity contribution in [3.05, 3.63) is 119 Å². The molecule has 37 heavy (non-hydrogen) atoms. The first-order chi connectivity index (χ1) is 18.0. The molecule has 0 bridgehead atoms. The Balaban J connectivity index is 1.65. The summed E-state index contributed by atoms with van der Waals surface area (Å²) in [5, 5.41) is 12.1. The number of pyridine rings is 1. The number of carbonyl (C=O) groups excluding carboxylic acids is 3. The summed E-state index contributed by atoms with van der Waals surface area (Å²) < 4.78 is 0.602. The van der Waals surface area contributed by atoms with Crippen LogP contribution in [0.15, 0.2) is 108 Å². The first-order valence-electron chi connectivity index (χ1n) is 11.3. The topological polar surface area (TPSA) is 112 Å². The molecule has 8 nitrogen and oxygen atoms in total. The van der Waals surface area contributed by atoms with Crippen molar-refractivity contribution >= 4 is 39.5 Å². The third-order valence-corrected chi connectivity index (χ3v) is 6.04. The molecule has 4 aromatic rings. The zero-order chi connectivity index (χ0) is 26.2. The van der Waals surface area contributed by atoms with Crippen molar-refractivity contribution in [1.29, 1.82) is 0 Å². The molecule has 0 radical (unpaired) electrons. The molecule has 0 saturated carbocycles. The molecular formula is C28H23BrN4O4. The van der Waals surface area contributed by atoms with Crippen LogP contribution in [0.4, 0.5) is 10.5 Å². The standard InChI is InChI=1S/C28H23BrN4O4/c29-23-16-22(17-30-18-23)26(34)31-25(27(35)33(28(36)32-37)24-9-5-2-6-10-24)15-19-11-13-21(14-12-19)20-7-3-1-4-8-20/h1-14,16-18,25,37H,15H2,(H,31,34)(H,32,36). The normalized spacial score (nSPS) is 11.3. The van der Waals surface area contributed by atoms with Crippen molar-refractivity contribution in [2.24, 2.45) is 0 Å². The molecule has 0 aliphatic rings. The van der Waals surface area contributed by atoms with Gasteiger partial charge >= 0.3 is 6.03 Å². The number of rotatable bonds is 7. The fourth-order valence-corrected chi connectivity index (χ4v) is 4.17. The van der Waals surface area contributed by atoms with Crippen LogP contribution in [0.1, 0.15) is 15.9 Å². The van der Waals surface area contributed by atoms with E-state index < -0.39 is 23.9 Å². The molecule has 1 unspecified atom stereocenters. The van der Waals surface area contributed by atoms with Gasteiger partial charge in [-0.1, -0.05) is 72.8 Å². The largest absolute Gasteiger partial charge is 0.352 e. The van der Waals surface area contributed by atoms with Crippen LogP contribution >= 0.6 is 15.9 Å². The van der Waals surface area contributed by atoms with E-state index in [9.17, 15) is 19.6 Å². The maximum Gasteiger partial charge on any atom is 0.352 e. The van der Waals surface area contributed by atoms with E-state index in [0.717, 1.165) is 21.6 Å². The molecule has 1 atom stereocenters. The first-order valence-corrected chi connectivity index (χ1v) is 12.1. The lowest BCUT2D eigenvalue weighted by Gasteiger charge is -2.26. The summed E-state index contributed by atoms with van der Waals surface area (Å²) in [6.45, 7) is 0. The van der Waals surface area contributed by atoms with Crippen LogP contribution in [0, 0.1) is 0 Å². The number of nitrogens with zero attached hydrogens (tertiary/aromatic N) is 2. The Morgan fingerprint density at radius 2 is 1.49 bits per heavy atom. The van der Waals surface area contributed by atoms with Crippen molar-refractivity contribution in [3.8, 4) is 11.1 Å². The SMILES string of the molecule is O=C(NC(Cc1ccc(-c2ccccc2)cc1)C(=O)N(C(=O)NO)c1ccccc1)c1cncc(Br)c1. The van der Waals surface area contributed by atoms with Gasteiger partial charge in [0, 0.05) is 23.3 Å². The predicted octanol–water partition coefficient (Wildman–Crippen LogP) is 4.98. The van der Waals surface area contributed by atoms with E-state index in [-0.39, 0.29) is 17.7 Å². The minimum Gasteiger partial charge on any atom is -0.340 e. The minimum atomic E-state index is -1.13. The lowest BCUT2D eigenvalue weighted by atomic mass is 9.99. The van der Waals surface area contributed by atoms with Crippen LogP contribution in [0.25, 0.3) is 11.1 Å². The number of para-hydroxylation sites is 1. The molecular weight excluding hydrogens is 536 g/mol. The Labute approximate surface area is 222 Å². The average molecular weight is 559 g/mol. The second-order valence-electron chi connectivity index (χ2n) is 8.11. The van der Waals surface area contributed by atoms with Crippen LogP contribution in [0.2, 0.25) is 0 Å². The Morgan fingerprint density at radius 1 is 0.865 bits per heavy atom. The molecule has 3 aromatic carbocycles. The molecule has 0 saturated heterocycles. The van der Waals surface area contributed by atoms with E-state index in [1.54, 1.807) is 36.4 Å². The van der Waals surface area contributed by atoms with Crippen LogP contribution in [0.3, 0.4) is 0 Å². The van der Waals surface area contributed by atoms with E-state index in [1.807, 2.05) is 54.6 Å². The highest BCUT2D eigenvalue weighted by Crippen LogP contribution is 2.21. The lowest BCUT2D eigenvalue weighted by molar-refractivity contribution is -0.119. The zero-order valence-corrected chi connectivity index (χ0v) is 21.1. The summed E-state index contributed by atoms with van der Waals surface area (Å²) in [4.78, 5) is 44.1. The van der Waals surface area contributed by atoms with Gasteiger partial charge in [-0.25, -0.2) is 15.2 Å². The van der Waals surface area contributed by atoms with Gasteiger partial charge in [0.15, 0.2) is 0 Å². The molecule has 186 valence electrons. The number of carbonyl (C=O) groups is 3.